The minimum atomic E-state index is -0.699. The molecule has 0 bridgehead atoms. The molecule has 1 aromatic rings. The Kier molecular flexibility index (Phi) is 4.58. The van der Waals surface area contributed by atoms with Crippen LogP contribution >= 0.6 is 0 Å². The Morgan fingerprint density at radius 1 is 1.17 bits per heavy atom. The molecule has 1 saturated carbocycles. The minimum Gasteiger partial charge on any atom is -0.323 e. The molecule has 1 N–H and O–H groups in total. The summed E-state index contributed by atoms with van der Waals surface area (Å²) >= 11 is 0. The molecule has 3 amide bonds. The molecular formula is C15H24N6O2. The lowest BCUT2D eigenvalue weighted by Gasteiger charge is -2.24. The number of amides is 3. The van der Waals surface area contributed by atoms with Crippen molar-refractivity contribution >= 4 is 11.9 Å². The maximum absolute atomic E-state index is 12.9. The van der Waals surface area contributed by atoms with Crippen LogP contribution in [0.3, 0.4) is 0 Å². The van der Waals surface area contributed by atoms with Crippen molar-refractivity contribution in [1.82, 2.24) is 30.4 Å². The van der Waals surface area contributed by atoms with Crippen LogP contribution in [0.25, 0.3) is 0 Å². The maximum Gasteiger partial charge on any atom is 0.325 e. The normalized spacial score (nSPS) is 20.8. The third-order valence-electron chi connectivity index (χ3n) is 4.83. The first-order chi connectivity index (χ1) is 11.2. The average molecular weight is 320 g/mol. The second kappa shape index (κ2) is 6.64. The molecular weight excluding hydrogens is 296 g/mol. The van der Waals surface area contributed by atoms with Gasteiger partial charge in [0.25, 0.3) is 5.91 Å². The van der Waals surface area contributed by atoms with Crippen LogP contribution in [-0.2, 0) is 17.9 Å². The zero-order valence-corrected chi connectivity index (χ0v) is 13.6. The van der Waals surface area contributed by atoms with Gasteiger partial charge in [0.05, 0.1) is 6.54 Å². The molecule has 3 rings (SSSR count). The highest BCUT2D eigenvalue weighted by Crippen LogP contribution is 2.33. The van der Waals surface area contributed by atoms with E-state index in [9.17, 15) is 9.59 Å². The molecule has 2 heterocycles. The number of nitrogens with zero attached hydrogens (tertiary/aromatic N) is 5. The monoisotopic (exact) mass is 320 g/mol. The summed E-state index contributed by atoms with van der Waals surface area (Å²) in [4.78, 5) is 26.5. The summed E-state index contributed by atoms with van der Waals surface area (Å²) in [6, 6.07) is -0.318. The van der Waals surface area contributed by atoms with Gasteiger partial charge in [-0.1, -0.05) is 39.0 Å². The van der Waals surface area contributed by atoms with Gasteiger partial charge in [-0.3, -0.25) is 9.69 Å². The molecule has 1 spiro atoms. The number of carbonyl (C=O) groups excluding carboxylic acids is 2. The van der Waals surface area contributed by atoms with E-state index >= 15 is 0 Å². The number of imide groups is 1. The van der Waals surface area contributed by atoms with E-state index in [1.807, 2.05) is 0 Å². The van der Waals surface area contributed by atoms with Crippen LogP contribution in [0.15, 0.2) is 0 Å². The lowest BCUT2D eigenvalue weighted by molar-refractivity contribution is -0.132. The predicted molar refractivity (Wildman–Crippen MR) is 82.2 cm³/mol. The summed E-state index contributed by atoms with van der Waals surface area (Å²) in [5.74, 6) is 0.446. The van der Waals surface area contributed by atoms with E-state index < -0.39 is 5.54 Å². The fraction of sp³-hybridized carbons (Fsp3) is 0.800. The number of unbranched alkanes of at least 4 members (excludes halogenated alkanes) is 1. The van der Waals surface area contributed by atoms with Gasteiger partial charge < -0.3 is 5.32 Å². The smallest absolute Gasteiger partial charge is 0.323 e. The number of aromatic nitrogens is 4. The van der Waals surface area contributed by atoms with Gasteiger partial charge in [-0.05, 0) is 29.7 Å². The molecule has 0 radical (unpaired) electrons. The molecule has 1 aliphatic heterocycles. The van der Waals surface area contributed by atoms with Crippen molar-refractivity contribution in [2.24, 2.45) is 0 Å². The highest BCUT2D eigenvalue weighted by molar-refractivity contribution is 6.06. The van der Waals surface area contributed by atoms with Crippen molar-refractivity contribution in [2.75, 3.05) is 0 Å². The first-order valence-corrected chi connectivity index (χ1v) is 8.55. The SMILES string of the molecule is CCCCn1nnnc1CN1C(=O)NC2(CCCCCC2)C1=O. The molecule has 8 heteroatoms. The molecule has 0 atom stereocenters. The number of hydrogen-bond acceptors (Lipinski definition) is 5. The average Bonchev–Trinajstić information content (AvgIpc) is 2.96. The predicted octanol–water partition coefficient (Wildman–Crippen LogP) is 1.62. The van der Waals surface area contributed by atoms with Crippen molar-refractivity contribution in [1.29, 1.82) is 0 Å². The number of aryl methyl sites for hydroxylation is 1. The number of carbonyl (C=O) groups is 2. The van der Waals surface area contributed by atoms with Crippen LogP contribution < -0.4 is 5.32 Å². The van der Waals surface area contributed by atoms with E-state index in [1.165, 1.54) is 4.90 Å². The standard InChI is InChI=1S/C15H24N6O2/c1-2-3-10-21-12(17-18-19-21)11-20-13(22)15(16-14(20)23)8-6-4-5-7-9-15/h2-11H2,1H3,(H,16,23). The number of urea groups is 1. The zero-order valence-electron chi connectivity index (χ0n) is 13.6. The largest absolute Gasteiger partial charge is 0.325 e. The van der Waals surface area contributed by atoms with Crippen LogP contribution in [0.1, 0.15) is 64.1 Å². The summed E-state index contributed by atoms with van der Waals surface area (Å²) in [5, 5.41) is 14.6. The molecule has 2 aliphatic rings. The quantitative estimate of drug-likeness (QED) is 0.832. The van der Waals surface area contributed by atoms with Crippen LogP contribution in [0.5, 0.6) is 0 Å². The van der Waals surface area contributed by atoms with E-state index in [4.69, 9.17) is 0 Å². The van der Waals surface area contributed by atoms with Gasteiger partial charge in [0, 0.05) is 6.54 Å². The molecule has 1 aromatic heterocycles. The summed E-state index contributed by atoms with van der Waals surface area (Å²) in [6.07, 6.45) is 7.67. The van der Waals surface area contributed by atoms with Gasteiger partial charge in [-0.25, -0.2) is 9.48 Å². The van der Waals surface area contributed by atoms with E-state index in [0.717, 1.165) is 51.4 Å². The first kappa shape index (κ1) is 15.9. The highest BCUT2D eigenvalue weighted by Gasteiger charge is 2.50. The van der Waals surface area contributed by atoms with Crippen molar-refractivity contribution < 1.29 is 9.59 Å². The molecule has 126 valence electrons. The fourth-order valence-electron chi connectivity index (χ4n) is 3.45. The Morgan fingerprint density at radius 3 is 2.61 bits per heavy atom. The summed E-state index contributed by atoms with van der Waals surface area (Å²) < 4.78 is 1.68. The molecule has 0 unspecified atom stereocenters. The van der Waals surface area contributed by atoms with Crippen LogP contribution in [0.2, 0.25) is 0 Å². The minimum absolute atomic E-state index is 0.116. The Hall–Kier alpha value is -1.99. The molecule has 1 aliphatic carbocycles. The van der Waals surface area contributed by atoms with Gasteiger partial charge in [0.15, 0.2) is 5.82 Å². The van der Waals surface area contributed by atoms with E-state index in [-0.39, 0.29) is 18.5 Å². The molecule has 0 aromatic carbocycles. The lowest BCUT2D eigenvalue weighted by atomic mass is 9.90. The zero-order chi connectivity index (χ0) is 16.3. The van der Waals surface area contributed by atoms with Gasteiger partial charge in [0.2, 0.25) is 0 Å². The molecule has 2 fully saturated rings. The molecule has 23 heavy (non-hydrogen) atoms. The Bertz CT molecular complexity index is 576. The Balaban J connectivity index is 1.74. The van der Waals surface area contributed by atoms with Crippen molar-refractivity contribution in [3.63, 3.8) is 0 Å². The van der Waals surface area contributed by atoms with Crippen molar-refractivity contribution in [2.45, 2.75) is 76.9 Å². The lowest BCUT2D eigenvalue weighted by Crippen LogP contribution is -2.46. The van der Waals surface area contributed by atoms with Gasteiger partial charge >= 0.3 is 6.03 Å². The Morgan fingerprint density at radius 2 is 1.91 bits per heavy atom. The number of rotatable bonds is 5. The number of hydrogen-bond donors (Lipinski definition) is 1. The summed E-state index contributed by atoms with van der Waals surface area (Å²) in [7, 11) is 0. The van der Waals surface area contributed by atoms with Gasteiger partial charge in [-0.15, -0.1) is 5.10 Å². The van der Waals surface area contributed by atoms with Crippen molar-refractivity contribution in [3.8, 4) is 0 Å². The topological polar surface area (TPSA) is 93.0 Å². The summed E-state index contributed by atoms with van der Waals surface area (Å²) in [5.41, 5.74) is -0.699. The van der Waals surface area contributed by atoms with E-state index in [0.29, 0.717) is 12.4 Å². The van der Waals surface area contributed by atoms with Crippen LogP contribution in [0.4, 0.5) is 4.79 Å². The second-order valence-electron chi connectivity index (χ2n) is 6.49. The van der Waals surface area contributed by atoms with Crippen LogP contribution in [-0.4, -0.2) is 42.6 Å². The van der Waals surface area contributed by atoms with Gasteiger partial charge in [0.1, 0.15) is 5.54 Å². The third-order valence-corrected chi connectivity index (χ3v) is 4.83. The molecule has 1 saturated heterocycles. The highest BCUT2D eigenvalue weighted by atomic mass is 16.2. The molecule has 8 nitrogen and oxygen atoms in total. The second-order valence-corrected chi connectivity index (χ2v) is 6.49. The number of tetrazole rings is 1. The number of nitrogens with one attached hydrogen (secondary N) is 1. The van der Waals surface area contributed by atoms with E-state index in [2.05, 4.69) is 27.8 Å². The van der Waals surface area contributed by atoms with Gasteiger partial charge in [-0.2, -0.15) is 0 Å². The van der Waals surface area contributed by atoms with Crippen LogP contribution in [0, 0.1) is 0 Å². The summed E-state index contributed by atoms with van der Waals surface area (Å²) in [6.45, 7) is 2.94. The Labute approximate surface area is 135 Å². The fourth-order valence-corrected chi connectivity index (χ4v) is 3.45. The maximum atomic E-state index is 12.9. The van der Waals surface area contributed by atoms with E-state index in [1.54, 1.807) is 4.68 Å². The first-order valence-electron chi connectivity index (χ1n) is 8.55. The third kappa shape index (κ3) is 3.07. The van der Waals surface area contributed by atoms with Crippen molar-refractivity contribution in [3.05, 3.63) is 5.82 Å².